The van der Waals surface area contributed by atoms with Crippen molar-refractivity contribution in [2.45, 2.75) is 0 Å². The molecule has 6 heteroatoms. The quantitative estimate of drug-likeness (QED) is 0.0781. The molecule has 0 radical (unpaired) electrons. The lowest BCUT2D eigenvalue weighted by Gasteiger charge is -2.20. The molecule has 5 nitrogen and oxygen atoms in total. The summed E-state index contributed by atoms with van der Waals surface area (Å²) in [6.07, 6.45) is 0. The molecule has 10 aromatic rings. The van der Waals surface area contributed by atoms with Crippen molar-refractivity contribution in [3.8, 4) is 44.9 Å². The van der Waals surface area contributed by atoms with E-state index in [0.29, 0.717) is 11.5 Å². The molecule has 0 saturated heterocycles. The molecule has 0 unspecified atom stereocenters. The van der Waals surface area contributed by atoms with Crippen LogP contribution in [-0.4, -0.2) is 7.11 Å². The van der Waals surface area contributed by atoms with Crippen LogP contribution in [0.2, 0.25) is 0 Å². The van der Waals surface area contributed by atoms with Crippen LogP contribution in [0.3, 0.4) is 0 Å². The van der Waals surface area contributed by atoms with Crippen molar-refractivity contribution in [2.75, 3.05) is 7.11 Å². The van der Waals surface area contributed by atoms with Gasteiger partial charge >= 0.3 is 7.82 Å². The van der Waals surface area contributed by atoms with Gasteiger partial charge in [-0.1, -0.05) is 146 Å². The highest BCUT2D eigenvalue weighted by molar-refractivity contribution is 7.49. The number of phosphoric acid groups is 1. The van der Waals surface area contributed by atoms with Gasteiger partial charge in [0, 0.05) is 22.3 Å². The van der Waals surface area contributed by atoms with Gasteiger partial charge in [-0.3, -0.25) is 0 Å². The molecule has 1 aliphatic heterocycles. The third kappa shape index (κ3) is 4.91. The van der Waals surface area contributed by atoms with Gasteiger partial charge in [-0.15, -0.1) is 4.67 Å². The molecule has 1 aliphatic rings. The zero-order valence-electron chi connectivity index (χ0n) is 29.7. The summed E-state index contributed by atoms with van der Waals surface area (Å²) in [5, 5.41) is 12.6. The van der Waals surface area contributed by atoms with Crippen LogP contribution < -0.4 is 9.05 Å². The molecule has 0 amide bonds. The number of rotatable bonds is 4. The van der Waals surface area contributed by atoms with Crippen LogP contribution in [0.25, 0.3) is 98.0 Å². The largest absolute Gasteiger partial charge is 0.615 e. The minimum Gasteiger partial charge on any atom is -0.392 e. The van der Waals surface area contributed by atoms with Crippen molar-refractivity contribution in [1.82, 2.24) is 0 Å². The maximum absolute atomic E-state index is 15.2. The Morgan fingerprint density at radius 3 is 1.09 bits per heavy atom. The van der Waals surface area contributed by atoms with Crippen LogP contribution in [0, 0.1) is 0 Å². The Labute approximate surface area is 316 Å². The molecule has 0 bridgehead atoms. The number of benzene rings is 10. The van der Waals surface area contributed by atoms with E-state index in [0.717, 1.165) is 98.0 Å². The van der Waals surface area contributed by atoms with E-state index in [9.17, 15) is 0 Å². The van der Waals surface area contributed by atoms with Gasteiger partial charge in [0.15, 0.2) is 0 Å². The van der Waals surface area contributed by atoms with E-state index >= 15 is 4.57 Å². The maximum Gasteiger partial charge on any atom is 0.615 e. The molecule has 0 fully saturated rings. The number of hydrogen-bond donors (Lipinski definition) is 0. The topological polar surface area (TPSA) is 54.0 Å². The predicted molar refractivity (Wildman–Crippen MR) is 225 cm³/mol. The summed E-state index contributed by atoms with van der Waals surface area (Å²) in [5.74, 6) is 0.785. The normalized spacial score (nSPS) is 13.5. The van der Waals surface area contributed by atoms with Gasteiger partial charge in [0.05, 0.1) is 7.11 Å². The second kappa shape index (κ2) is 12.3. The van der Waals surface area contributed by atoms with E-state index in [-0.39, 0.29) is 0 Å². The monoisotopic (exact) mass is 730 g/mol. The molecule has 55 heavy (non-hydrogen) atoms. The zero-order chi connectivity index (χ0) is 36.7. The number of phosphoric ester groups is 1. The average molecular weight is 731 g/mol. The summed E-state index contributed by atoms with van der Waals surface area (Å²) < 4.78 is 34.2. The smallest absolute Gasteiger partial charge is 0.392 e. The lowest BCUT2D eigenvalue weighted by molar-refractivity contribution is -0.192. The van der Waals surface area contributed by atoms with Crippen LogP contribution in [0.5, 0.6) is 11.5 Å². The molecular weight excluding hydrogens is 700 g/mol. The van der Waals surface area contributed by atoms with E-state index in [4.69, 9.17) is 18.6 Å². The molecule has 0 saturated carbocycles. The first-order chi connectivity index (χ1) is 27.1. The molecule has 1 heterocycles. The maximum atomic E-state index is 15.2. The summed E-state index contributed by atoms with van der Waals surface area (Å²) in [6.45, 7) is 0. The third-order valence-electron chi connectivity index (χ3n) is 10.9. The van der Waals surface area contributed by atoms with E-state index in [2.05, 4.69) is 121 Å². The zero-order valence-corrected chi connectivity index (χ0v) is 30.5. The van der Waals surface area contributed by atoms with Gasteiger partial charge in [-0.25, -0.2) is 9.45 Å². The van der Waals surface area contributed by atoms with Crippen molar-refractivity contribution >= 4 is 72.5 Å². The molecule has 0 N–H and O–H groups in total. The molecular formula is C49H31O5P. The molecule has 0 spiro atoms. The Morgan fingerprint density at radius 1 is 0.382 bits per heavy atom. The Morgan fingerprint density at radius 2 is 0.691 bits per heavy atom. The van der Waals surface area contributed by atoms with Crippen molar-refractivity contribution < 1.29 is 23.2 Å². The van der Waals surface area contributed by atoms with E-state index in [1.807, 2.05) is 48.5 Å². The summed E-state index contributed by atoms with van der Waals surface area (Å²) in [4.78, 5) is 5.18. The SMILES string of the molecule is COOP1(=O)Oc2c(-c3cc4ccccc4c4ccccc34)cc3ccccc3c2-c2c(c(-c3cc4ccccc4c4ccccc34)cc3ccccc23)O1. The van der Waals surface area contributed by atoms with Gasteiger partial charge < -0.3 is 9.05 Å². The van der Waals surface area contributed by atoms with Crippen LogP contribution >= 0.6 is 7.82 Å². The van der Waals surface area contributed by atoms with Crippen LogP contribution in [0.15, 0.2) is 170 Å². The molecule has 262 valence electrons. The van der Waals surface area contributed by atoms with Gasteiger partial charge in [0.1, 0.15) is 11.5 Å². The first-order valence-corrected chi connectivity index (χ1v) is 19.7. The first kappa shape index (κ1) is 32.0. The van der Waals surface area contributed by atoms with Crippen molar-refractivity contribution in [1.29, 1.82) is 0 Å². The average Bonchev–Trinajstić information content (AvgIpc) is 3.37. The molecule has 10 aromatic carbocycles. The fourth-order valence-corrected chi connectivity index (χ4v) is 9.77. The Bertz CT molecular complexity index is 3060. The van der Waals surface area contributed by atoms with Crippen LogP contribution in [0.1, 0.15) is 0 Å². The van der Waals surface area contributed by atoms with E-state index in [1.54, 1.807) is 0 Å². The molecule has 0 aromatic heterocycles. The third-order valence-corrected chi connectivity index (χ3v) is 12.1. The van der Waals surface area contributed by atoms with Gasteiger partial charge in [0.2, 0.25) is 0 Å². The van der Waals surface area contributed by atoms with Crippen LogP contribution in [-0.2, 0) is 14.1 Å². The summed E-state index contributed by atoms with van der Waals surface area (Å²) >= 11 is 0. The Balaban J connectivity index is 1.34. The van der Waals surface area contributed by atoms with Crippen LogP contribution in [0.4, 0.5) is 0 Å². The fourth-order valence-electron chi connectivity index (χ4n) is 8.66. The molecule has 0 aliphatic carbocycles. The number of hydrogen-bond acceptors (Lipinski definition) is 5. The minimum atomic E-state index is -4.51. The fraction of sp³-hybridized carbons (Fsp3) is 0.0204. The highest BCUT2D eigenvalue weighted by atomic mass is 31.2. The summed E-state index contributed by atoms with van der Waals surface area (Å²) in [6, 6.07) is 58.7. The van der Waals surface area contributed by atoms with E-state index in [1.165, 1.54) is 7.11 Å². The predicted octanol–water partition coefficient (Wildman–Crippen LogP) is 14.1. The van der Waals surface area contributed by atoms with Gasteiger partial charge in [-0.05, 0) is 100 Å². The molecule has 11 rings (SSSR count). The summed E-state index contributed by atoms with van der Waals surface area (Å²) in [5.41, 5.74) is 4.92. The molecule has 0 atom stereocenters. The van der Waals surface area contributed by atoms with Gasteiger partial charge in [-0.2, -0.15) is 0 Å². The standard InChI is InChI=1S/C49H31O5P/c1-51-54-55(50)52-48-44(42-26-30-14-2-6-18-34(30)38-22-10-12-24-40(38)42)28-32-16-4-8-20-36(32)46(48)47-37-21-9-5-17-33(37)29-45(49(47)53-55)43-27-31-15-3-7-19-35(31)39-23-11-13-25-41(39)43/h2-29H,1H3. The highest BCUT2D eigenvalue weighted by Gasteiger charge is 2.41. The second-order valence-corrected chi connectivity index (χ2v) is 15.4. The summed E-state index contributed by atoms with van der Waals surface area (Å²) in [7, 11) is -3.20. The number of fused-ring (bicyclic) bond motifs is 13. The lowest BCUT2D eigenvalue weighted by Crippen LogP contribution is -2.04. The van der Waals surface area contributed by atoms with Gasteiger partial charge in [0.25, 0.3) is 0 Å². The second-order valence-electron chi connectivity index (χ2n) is 14.0. The van der Waals surface area contributed by atoms with Crippen molar-refractivity contribution in [2.24, 2.45) is 0 Å². The minimum absolute atomic E-state index is 0.393. The Kier molecular flexibility index (Phi) is 7.14. The lowest BCUT2D eigenvalue weighted by atomic mass is 9.84. The highest BCUT2D eigenvalue weighted by Crippen LogP contribution is 2.64. The van der Waals surface area contributed by atoms with E-state index < -0.39 is 7.82 Å². The van der Waals surface area contributed by atoms with Crippen molar-refractivity contribution in [3.63, 3.8) is 0 Å². The Hall–Kier alpha value is -6.49. The first-order valence-electron chi connectivity index (χ1n) is 18.2. The van der Waals surface area contributed by atoms with Crippen molar-refractivity contribution in [3.05, 3.63) is 170 Å².